The first-order valence-electron chi connectivity index (χ1n) is 6.01. The second-order valence-electron chi connectivity index (χ2n) is 4.42. The smallest absolute Gasteiger partial charge is 0.119 e. The monoisotopic (exact) mass is 243 g/mol. The molecule has 1 atom stereocenters. The van der Waals surface area contributed by atoms with Crippen molar-refractivity contribution in [3.05, 3.63) is 59.9 Å². The molecule has 1 unspecified atom stereocenters. The van der Waals surface area contributed by atoms with Gasteiger partial charge in [-0.3, -0.25) is 4.98 Å². The Balaban J connectivity index is 2.14. The second kappa shape index (κ2) is 5.65. The fourth-order valence-electron chi connectivity index (χ4n) is 1.74. The number of ether oxygens (including phenoxy) is 1. The van der Waals surface area contributed by atoms with Crippen LogP contribution in [0.3, 0.4) is 0 Å². The van der Waals surface area contributed by atoms with Gasteiger partial charge in [0.15, 0.2) is 0 Å². The summed E-state index contributed by atoms with van der Waals surface area (Å²) >= 11 is 0. The van der Waals surface area contributed by atoms with E-state index in [1.165, 1.54) is 0 Å². The van der Waals surface area contributed by atoms with Gasteiger partial charge in [0.1, 0.15) is 11.9 Å². The van der Waals surface area contributed by atoms with Crippen LogP contribution in [0.25, 0.3) is 0 Å². The third-order valence-corrected chi connectivity index (χ3v) is 2.59. The lowest BCUT2D eigenvalue weighted by molar-refractivity contribution is 0.219. The van der Waals surface area contributed by atoms with Gasteiger partial charge in [-0.1, -0.05) is 12.1 Å². The van der Waals surface area contributed by atoms with Gasteiger partial charge in [-0.15, -0.1) is 0 Å². The van der Waals surface area contributed by atoms with Gasteiger partial charge < -0.3 is 9.84 Å². The van der Waals surface area contributed by atoms with E-state index in [-0.39, 0.29) is 6.10 Å². The third kappa shape index (κ3) is 3.08. The minimum Gasteiger partial charge on any atom is -0.491 e. The van der Waals surface area contributed by atoms with E-state index >= 15 is 0 Å². The molecule has 2 rings (SSSR count). The number of aliphatic hydroxyl groups excluding tert-OH is 1. The van der Waals surface area contributed by atoms with Crippen LogP contribution < -0.4 is 4.74 Å². The number of pyridine rings is 1. The van der Waals surface area contributed by atoms with Crippen LogP contribution >= 0.6 is 0 Å². The van der Waals surface area contributed by atoms with E-state index in [4.69, 9.17) is 4.74 Å². The molecule has 0 bridgehead atoms. The summed E-state index contributed by atoms with van der Waals surface area (Å²) < 4.78 is 5.56. The maximum absolute atomic E-state index is 10.2. The maximum Gasteiger partial charge on any atom is 0.119 e. The van der Waals surface area contributed by atoms with Gasteiger partial charge in [-0.25, -0.2) is 0 Å². The van der Waals surface area contributed by atoms with Crippen LogP contribution in [0.1, 0.15) is 31.1 Å². The fraction of sp³-hybridized carbons (Fsp3) is 0.267. The largest absolute Gasteiger partial charge is 0.491 e. The van der Waals surface area contributed by atoms with E-state index < -0.39 is 6.10 Å². The lowest BCUT2D eigenvalue weighted by Crippen LogP contribution is -2.06. The zero-order valence-corrected chi connectivity index (χ0v) is 10.6. The molecule has 0 spiro atoms. The molecule has 3 heteroatoms. The quantitative estimate of drug-likeness (QED) is 0.897. The highest BCUT2D eigenvalue weighted by Crippen LogP contribution is 2.23. The van der Waals surface area contributed by atoms with Crippen molar-refractivity contribution >= 4 is 0 Å². The molecule has 2 aromatic rings. The zero-order chi connectivity index (χ0) is 13.0. The molecule has 94 valence electrons. The predicted octanol–water partition coefficient (Wildman–Crippen LogP) is 2.95. The van der Waals surface area contributed by atoms with Crippen LogP contribution in [0.4, 0.5) is 0 Å². The number of rotatable bonds is 4. The number of nitrogens with zero attached hydrogens (tertiary/aromatic N) is 1. The number of benzene rings is 1. The Morgan fingerprint density at radius 3 is 2.06 bits per heavy atom. The van der Waals surface area contributed by atoms with E-state index in [1.54, 1.807) is 12.4 Å². The highest BCUT2D eigenvalue weighted by atomic mass is 16.5. The normalized spacial score (nSPS) is 12.4. The fourth-order valence-corrected chi connectivity index (χ4v) is 1.74. The van der Waals surface area contributed by atoms with Gasteiger partial charge in [0.25, 0.3) is 0 Å². The van der Waals surface area contributed by atoms with Crippen LogP contribution in [0, 0.1) is 0 Å². The molecular formula is C15H17NO2. The summed E-state index contributed by atoms with van der Waals surface area (Å²) in [5.41, 5.74) is 1.68. The average Bonchev–Trinajstić information content (AvgIpc) is 2.39. The van der Waals surface area contributed by atoms with Gasteiger partial charge in [-0.05, 0) is 49.2 Å². The van der Waals surface area contributed by atoms with Gasteiger partial charge >= 0.3 is 0 Å². The summed E-state index contributed by atoms with van der Waals surface area (Å²) in [4.78, 5) is 3.94. The number of hydrogen-bond acceptors (Lipinski definition) is 3. The van der Waals surface area contributed by atoms with E-state index in [1.807, 2.05) is 50.2 Å². The van der Waals surface area contributed by atoms with Crippen molar-refractivity contribution in [2.75, 3.05) is 0 Å². The van der Waals surface area contributed by atoms with Crippen molar-refractivity contribution in [2.45, 2.75) is 26.1 Å². The van der Waals surface area contributed by atoms with Crippen molar-refractivity contribution in [1.82, 2.24) is 4.98 Å². The van der Waals surface area contributed by atoms with Crippen LogP contribution in [-0.2, 0) is 0 Å². The van der Waals surface area contributed by atoms with Crippen molar-refractivity contribution in [3.63, 3.8) is 0 Å². The number of hydrogen-bond donors (Lipinski definition) is 1. The van der Waals surface area contributed by atoms with Gasteiger partial charge in [-0.2, -0.15) is 0 Å². The van der Waals surface area contributed by atoms with Crippen molar-refractivity contribution in [2.24, 2.45) is 0 Å². The Bertz CT molecular complexity index is 480. The minimum atomic E-state index is -0.624. The van der Waals surface area contributed by atoms with E-state index in [2.05, 4.69) is 4.98 Å². The Hall–Kier alpha value is -1.87. The first-order chi connectivity index (χ1) is 8.66. The Labute approximate surface area is 107 Å². The molecule has 0 amide bonds. The highest BCUT2D eigenvalue weighted by molar-refractivity contribution is 5.33. The second-order valence-corrected chi connectivity index (χ2v) is 4.42. The predicted molar refractivity (Wildman–Crippen MR) is 70.5 cm³/mol. The van der Waals surface area contributed by atoms with Crippen LogP contribution in [-0.4, -0.2) is 16.2 Å². The summed E-state index contributed by atoms with van der Waals surface area (Å²) in [6.07, 6.45) is 2.88. The lowest BCUT2D eigenvalue weighted by atomic mass is 10.0. The summed E-state index contributed by atoms with van der Waals surface area (Å²) in [6.45, 7) is 3.97. The molecule has 0 aliphatic rings. The SMILES string of the molecule is CC(C)Oc1ccc(C(O)c2ccncc2)cc1. The van der Waals surface area contributed by atoms with Crippen molar-refractivity contribution in [3.8, 4) is 5.75 Å². The molecule has 1 aromatic carbocycles. The standard InChI is InChI=1S/C15H17NO2/c1-11(2)18-14-5-3-12(4-6-14)15(17)13-7-9-16-10-8-13/h3-11,15,17H,1-2H3. The summed E-state index contributed by atoms with van der Waals surface area (Å²) in [6, 6.07) is 11.1. The van der Waals surface area contributed by atoms with Gasteiger partial charge in [0.2, 0.25) is 0 Å². The molecule has 0 radical (unpaired) electrons. The van der Waals surface area contributed by atoms with Crippen LogP contribution in [0.2, 0.25) is 0 Å². The zero-order valence-electron chi connectivity index (χ0n) is 10.6. The number of aliphatic hydroxyl groups is 1. The molecule has 0 saturated heterocycles. The van der Waals surface area contributed by atoms with Crippen LogP contribution in [0.15, 0.2) is 48.8 Å². The molecule has 0 aliphatic carbocycles. The van der Waals surface area contributed by atoms with Gasteiger partial charge in [0, 0.05) is 12.4 Å². The van der Waals surface area contributed by atoms with Gasteiger partial charge in [0.05, 0.1) is 6.10 Å². The molecule has 0 saturated carbocycles. The molecule has 1 heterocycles. The van der Waals surface area contributed by atoms with Crippen molar-refractivity contribution < 1.29 is 9.84 Å². The Morgan fingerprint density at radius 2 is 1.50 bits per heavy atom. The molecule has 1 aromatic heterocycles. The topological polar surface area (TPSA) is 42.4 Å². The molecule has 0 aliphatic heterocycles. The molecule has 0 fully saturated rings. The number of aromatic nitrogens is 1. The third-order valence-electron chi connectivity index (χ3n) is 2.59. The molecular weight excluding hydrogens is 226 g/mol. The summed E-state index contributed by atoms with van der Waals surface area (Å²) in [5.74, 6) is 0.815. The first-order valence-corrected chi connectivity index (χ1v) is 6.01. The average molecular weight is 243 g/mol. The minimum absolute atomic E-state index is 0.154. The molecule has 18 heavy (non-hydrogen) atoms. The van der Waals surface area contributed by atoms with E-state index in [0.717, 1.165) is 16.9 Å². The van der Waals surface area contributed by atoms with E-state index in [0.29, 0.717) is 0 Å². The maximum atomic E-state index is 10.2. The summed E-state index contributed by atoms with van der Waals surface area (Å²) in [7, 11) is 0. The molecule has 1 N–H and O–H groups in total. The van der Waals surface area contributed by atoms with Crippen molar-refractivity contribution in [1.29, 1.82) is 0 Å². The molecule has 3 nitrogen and oxygen atoms in total. The summed E-state index contributed by atoms with van der Waals surface area (Å²) in [5, 5.41) is 10.2. The van der Waals surface area contributed by atoms with E-state index in [9.17, 15) is 5.11 Å². The highest BCUT2D eigenvalue weighted by Gasteiger charge is 2.10. The van der Waals surface area contributed by atoms with Crippen LogP contribution in [0.5, 0.6) is 5.75 Å². The first kappa shape index (κ1) is 12.6. The Kier molecular flexibility index (Phi) is 3.95. The lowest BCUT2D eigenvalue weighted by Gasteiger charge is -2.13. The Morgan fingerprint density at radius 1 is 0.944 bits per heavy atom.